The van der Waals surface area contributed by atoms with Crippen molar-refractivity contribution >= 4 is 11.6 Å². The Bertz CT molecular complexity index is 375. The molecule has 0 spiro atoms. The third-order valence-corrected chi connectivity index (χ3v) is 2.62. The van der Waals surface area contributed by atoms with Crippen molar-refractivity contribution in [2.45, 2.75) is 19.1 Å². The SMILES string of the molecule is CC1CN(c2cncc(NN)n2)CC(CO)O1. The Morgan fingerprint density at radius 2 is 2.41 bits per heavy atom. The molecule has 2 rings (SSSR count). The molecule has 4 N–H and O–H groups in total. The van der Waals surface area contributed by atoms with Crippen LogP contribution in [0.2, 0.25) is 0 Å². The van der Waals surface area contributed by atoms with Crippen LogP contribution < -0.4 is 16.2 Å². The Kier molecular flexibility index (Phi) is 3.72. The number of aromatic nitrogens is 2. The van der Waals surface area contributed by atoms with E-state index in [-0.39, 0.29) is 18.8 Å². The first-order valence-electron chi connectivity index (χ1n) is 5.53. The quantitative estimate of drug-likeness (QED) is 0.476. The molecule has 2 unspecified atom stereocenters. The van der Waals surface area contributed by atoms with Crippen LogP contribution in [0, 0.1) is 0 Å². The lowest BCUT2D eigenvalue weighted by molar-refractivity contribution is -0.0423. The molecule has 94 valence electrons. The number of hydrogen-bond acceptors (Lipinski definition) is 7. The molecule has 17 heavy (non-hydrogen) atoms. The maximum Gasteiger partial charge on any atom is 0.160 e. The van der Waals surface area contributed by atoms with E-state index in [9.17, 15) is 0 Å². The fourth-order valence-electron chi connectivity index (χ4n) is 1.91. The molecule has 0 saturated carbocycles. The van der Waals surface area contributed by atoms with Crippen LogP contribution in [0.1, 0.15) is 6.92 Å². The summed E-state index contributed by atoms with van der Waals surface area (Å²) in [5.41, 5.74) is 2.46. The molecule has 2 atom stereocenters. The number of nitrogen functional groups attached to an aromatic ring is 1. The van der Waals surface area contributed by atoms with E-state index in [1.807, 2.05) is 11.8 Å². The highest BCUT2D eigenvalue weighted by atomic mass is 16.5. The van der Waals surface area contributed by atoms with Gasteiger partial charge in [0.05, 0.1) is 31.2 Å². The van der Waals surface area contributed by atoms with E-state index in [1.165, 1.54) is 0 Å². The highest BCUT2D eigenvalue weighted by Gasteiger charge is 2.25. The van der Waals surface area contributed by atoms with E-state index in [0.717, 1.165) is 12.4 Å². The lowest BCUT2D eigenvalue weighted by atomic mass is 10.2. The van der Waals surface area contributed by atoms with Crippen molar-refractivity contribution in [3.63, 3.8) is 0 Å². The van der Waals surface area contributed by atoms with Gasteiger partial charge in [-0.25, -0.2) is 10.8 Å². The number of morpholine rings is 1. The maximum atomic E-state index is 9.15. The van der Waals surface area contributed by atoms with E-state index in [2.05, 4.69) is 15.4 Å². The summed E-state index contributed by atoms with van der Waals surface area (Å²) in [4.78, 5) is 10.4. The van der Waals surface area contributed by atoms with Crippen molar-refractivity contribution in [1.82, 2.24) is 9.97 Å². The summed E-state index contributed by atoms with van der Waals surface area (Å²) >= 11 is 0. The summed E-state index contributed by atoms with van der Waals surface area (Å²) in [6.07, 6.45) is 3.09. The molecular weight excluding hydrogens is 222 g/mol. The predicted molar refractivity (Wildman–Crippen MR) is 63.5 cm³/mol. The Labute approximate surface area is 99.6 Å². The van der Waals surface area contributed by atoms with E-state index in [1.54, 1.807) is 12.4 Å². The zero-order chi connectivity index (χ0) is 12.3. The molecular formula is C10H17N5O2. The number of anilines is 2. The average molecular weight is 239 g/mol. The van der Waals surface area contributed by atoms with Crippen molar-refractivity contribution in [3.05, 3.63) is 12.4 Å². The van der Waals surface area contributed by atoms with Crippen LogP contribution in [-0.4, -0.2) is 47.0 Å². The third-order valence-electron chi connectivity index (χ3n) is 2.62. The minimum absolute atomic E-state index is 0.00307. The fourth-order valence-corrected chi connectivity index (χ4v) is 1.91. The minimum Gasteiger partial charge on any atom is -0.394 e. The van der Waals surface area contributed by atoms with Crippen LogP contribution >= 0.6 is 0 Å². The topological polar surface area (TPSA) is 96.5 Å². The Balaban J connectivity index is 2.14. The number of aliphatic hydroxyl groups excluding tert-OH is 1. The van der Waals surface area contributed by atoms with Gasteiger partial charge >= 0.3 is 0 Å². The van der Waals surface area contributed by atoms with Gasteiger partial charge in [0.15, 0.2) is 5.82 Å². The van der Waals surface area contributed by atoms with Crippen LogP contribution in [0.15, 0.2) is 12.4 Å². The molecule has 1 aliphatic heterocycles. The lowest BCUT2D eigenvalue weighted by Gasteiger charge is -2.36. The Morgan fingerprint density at radius 1 is 1.59 bits per heavy atom. The van der Waals surface area contributed by atoms with E-state index in [4.69, 9.17) is 15.7 Å². The van der Waals surface area contributed by atoms with Gasteiger partial charge in [-0.1, -0.05) is 0 Å². The monoisotopic (exact) mass is 239 g/mol. The van der Waals surface area contributed by atoms with Gasteiger partial charge in [-0.15, -0.1) is 0 Å². The number of ether oxygens (including phenoxy) is 1. The molecule has 0 radical (unpaired) electrons. The predicted octanol–water partition coefficient (Wildman–Crippen LogP) is -0.652. The van der Waals surface area contributed by atoms with Gasteiger partial charge in [0.25, 0.3) is 0 Å². The standard InChI is InChI=1S/C10H17N5O2/c1-7-4-15(5-8(6-16)17-7)10-3-12-2-9(13-10)14-11/h2-3,7-8,16H,4-6,11H2,1H3,(H,13,14). The molecule has 7 nitrogen and oxygen atoms in total. The summed E-state index contributed by atoms with van der Waals surface area (Å²) in [5.74, 6) is 6.54. The molecule has 0 bridgehead atoms. The van der Waals surface area contributed by atoms with Crippen molar-refractivity contribution < 1.29 is 9.84 Å². The molecule has 1 saturated heterocycles. The number of hydrogen-bond donors (Lipinski definition) is 3. The Morgan fingerprint density at radius 3 is 3.12 bits per heavy atom. The molecule has 0 aliphatic carbocycles. The normalized spacial score (nSPS) is 24.8. The number of nitrogens with one attached hydrogen (secondary N) is 1. The molecule has 1 aromatic heterocycles. The van der Waals surface area contributed by atoms with Crippen LogP contribution in [0.5, 0.6) is 0 Å². The van der Waals surface area contributed by atoms with Crippen molar-refractivity contribution in [1.29, 1.82) is 0 Å². The van der Waals surface area contributed by atoms with E-state index < -0.39 is 0 Å². The molecule has 0 amide bonds. The van der Waals surface area contributed by atoms with Crippen LogP contribution in [-0.2, 0) is 4.74 Å². The van der Waals surface area contributed by atoms with Gasteiger partial charge < -0.3 is 20.2 Å². The Hall–Kier alpha value is -1.44. The summed E-state index contributed by atoms with van der Waals surface area (Å²) in [7, 11) is 0. The second-order valence-electron chi connectivity index (χ2n) is 4.06. The average Bonchev–Trinajstić information content (AvgIpc) is 2.38. The van der Waals surface area contributed by atoms with E-state index >= 15 is 0 Å². The number of aliphatic hydroxyl groups is 1. The van der Waals surface area contributed by atoms with Crippen LogP contribution in [0.25, 0.3) is 0 Å². The largest absolute Gasteiger partial charge is 0.394 e. The zero-order valence-electron chi connectivity index (χ0n) is 9.71. The first-order chi connectivity index (χ1) is 8.22. The molecule has 0 aromatic carbocycles. The van der Waals surface area contributed by atoms with Crippen LogP contribution in [0.3, 0.4) is 0 Å². The summed E-state index contributed by atoms with van der Waals surface area (Å²) in [6, 6.07) is 0. The first-order valence-corrected chi connectivity index (χ1v) is 5.53. The second kappa shape index (κ2) is 5.26. The molecule has 1 aromatic rings. The molecule has 1 aliphatic rings. The van der Waals surface area contributed by atoms with Crippen molar-refractivity contribution in [2.24, 2.45) is 5.84 Å². The summed E-state index contributed by atoms with van der Waals surface area (Å²) in [5, 5.41) is 9.15. The van der Waals surface area contributed by atoms with Crippen molar-refractivity contribution in [3.8, 4) is 0 Å². The maximum absolute atomic E-state index is 9.15. The number of hydrazine groups is 1. The fraction of sp³-hybridized carbons (Fsp3) is 0.600. The summed E-state index contributed by atoms with van der Waals surface area (Å²) < 4.78 is 5.56. The van der Waals surface area contributed by atoms with Gasteiger partial charge in [0.1, 0.15) is 5.82 Å². The van der Waals surface area contributed by atoms with Gasteiger partial charge in [0.2, 0.25) is 0 Å². The highest BCUT2D eigenvalue weighted by molar-refractivity contribution is 5.43. The first kappa shape index (κ1) is 12.0. The van der Waals surface area contributed by atoms with Gasteiger partial charge in [-0.3, -0.25) is 4.98 Å². The van der Waals surface area contributed by atoms with Crippen molar-refractivity contribution in [2.75, 3.05) is 30.0 Å². The van der Waals surface area contributed by atoms with Gasteiger partial charge in [-0.05, 0) is 6.92 Å². The van der Waals surface area contributed by atoms with Gasteiger partial charge in [0, 0.05) is 13.1 Å². The van der Waals surface area contributed by atoms with E-state index in [0.29, 0.717) is 12.4 Å². The summed E-state index contributed by atoms with van der Waals surface area (Å²) in [6.45, 7) is 3.29. The van der Waals surface area contributed by atoms with Gasteiger partial charge in [-0.2, -0.15) is 0 Å². The molecule has 1 fully saturated rings. The number of rotatable bonds is 3. The smallest absolute Gasteiger partial charge is 0.160 e. The number of nitrogens with two attached hydrogens (primary N) is 1. The molecule has 2 heterocycles. The highest BCUT2D eigenvalue weighted by Crippen LogP contribution is 2.18. The zero-order valence-corrected chi connectivity index (χ0v) is 9.71. The second-order valence-corrected chi connectivity index (χ2v) is 4.06. The third kappa shape index (κ3) is 2.82. The minimum atomic E-state index is -0.185. The molecule has 7 heteroatoms. The lowest BCUT2D eigenvalue weighted by Crippen LogP contribution is -2.48. The number of nitrogens with zero attached hydrogens (tertiary/aromatic N) is 3. The van der Waals surface area contributed by atoms with Crippen LogP contribution in [0.4, 0.5) is 11.6 Å².